The number of nitrogens with one attached hydrogen (secondary N) is 2. The van der Waals surface area contributed by atoms with Crippen molar-refractivity contribution in [2.75, 3.05) is 25.0 Å². The van der Waals surface area contributed by atoms with Crippen molar-refractivity contribution in [3.63, 3.8) is 0 Å². The van der Waals surface area contributed by atoms with Gasteiger partial charge in [-0.15, -0.1) is 0 Å². The van der Waals surface area contributed by atoms with Gasteiger partial charge in [0, 0.05) is 37.7 Å². The Morgan fingerprint density at radius 1 is 1.14 bits per heavy atom. The average molecular weight is 384 g/mol. The van der Waals surface area contributed by atoms with Crippen LogP contribution < -0.4 is 10.6 Å². The van der Waals surface area contributed by atoms with E-state index in [1.165, 1.54) is 0 Å². The van der Waals surface area contributed by atoms with Crippen molar-refractivity contribution < 1.29 is 14.0 Å². The average Bonchev–Trinajstić information content (AvgIpc) is 3.40. The number of carbonyl (C=O) groups excluding carboxylic acids is 2. The van der Waals surface area contributed by atoms with Gasteiger partial charge in [-0.2, -0.15) is 0 Å². The zero-order chi connectivity index (χ0) is 19.6. The second-order valence-corrected chi connectivity index (χ2v) is 7.20. The Balaban J connectivity index is 1.20. The molecule has 0 bridgehead atoms. The Kier molecular flexibility index (Phi) is 7.46. The van der Waals surface area contributed by atoms with Gasteiger partial charge in [0.2, 0.25) is 0 Å². The highest BCUT2D eigenvalue weighted by Gasteiger charge is 2.27. The van der Waals surface area contributed by atoms with Crippen LogP contribution in [0.2, 0.25) is 0 Å². The summed E-state index contributed by atoms with van der Waals surface area (Å²) in [5, 5.41) is 5.65. The minimum atomic E-state index is -0.182. The number of carbonyl (C=O) groups is 2. The molecular weight excluding hydrogens is 356 g/mol. The molecule has 0 aliphatic carbocycles. The quantitative estimate of drug-likeness (QED) is 0.642. The number of unbranched alkanes of at least 4 members (excludes halogenated alkanes) is 3. The molecule has 1 atom stereocenters. The molecule has 1 aliphatic heterocycles. The fraction of sp³-hybridized carbons (Fsp3) is 0.476. The van der Waals surface area contributed by atoms with Crippen LogP contribution in [0.25, 0.3) is 0 Å². The van der Waals surface area contributed by atoms with Crippen molar-refractivity contribution in [2.24, 2.45) is 5.92 Å². The molecule has 1 fully saturated rings. The van der Waals surface area contributed by atoms with E-state index in [1.807, 2.05) is 4.90 Å². The Labute approximate surface area is 165 Å². The van der Waals surface area contributed by atoms with Crippen molar-refractivity contribution in [3.8, 4) is 0 Å². The highest BCUT2D eigenvalue weighted by atomic mass is 16.3. The largest absolute Gasteiger partial charge is 0.459 e. The number of pyridine rings is 1. The van der Waals surface area contributed by atoms with Crippen LogP contribution in [0.3, 0.4) is 0 Å². The molecule has 150 valence electrons. The summed E-state index contributed by atoms with van der Waals surface area (Å²) in [5.41, 5.74) is 0.739. The van der Waals surface area contributed by atoms with E-state index in [-0.39, 0.29) is 11.9 Å². The fourth-order valence-electron chi connectivity index (χ4n) is 3.53. The van der Waals surface area contributed by atoms with Crippen molar-refractivity contribution in [1.82, 2.24) is 15.2 Å². The standard InChI is InChI=1S/C21H28N4O3/c26-20(19-7-5-15-28-19)25-14-10-17(16-25)6-3-1-2-4-11-23-21(27)24-18-8-12-22-13-9-18/h5,7-9,12-13,15,17H,1-4,6,10-11,14,16H2,(H2,22,23,24,27). The van der Waals surface area contributed by atoms with E-state index < -0.39 is 0 Å². The first kappa shape index (κ1) is 19.9. The molecule has 2 N–H and O–H groups in total. The summed E-state index contributed by atoms with van der Waals surface area (Å²) in [4.78, 5) is 29.8. The monoisotopic (exact) mass is 384 g/mol. The third-order valence-corrected chi connectivity index (χ3v) is 5.07. The van der Waals surface area contributed by atoms with Crippen molar-refractivity contribution in [1.29, 1.82) is 0 Å². The molecule has 0 saturated carbocycles. The van der Waals surface area contributed by atoms with Gasteiger partial charge in [-0.3, -0.25) is 9.78 Å². The molecule has 3 heterocycles. The number of hydrogen-bond acceptors (Lipinski definition) is 4. The smallest absolute Gasteiger partial charge is 0.319 e. The normalized spacial score (nSPS) is 16.1. The molecule has 3 amide bonds. The minimum absolute atomic E-state index is 0.00335. The van der Waals surface area contributed by atoms with E-state index in [2.05, 4.69) is 15.6 Å². The van der Waals surface area contributed by atoms with Gasteiger partial charge in [0.25, 0.3) is 5.91 Å². The van der Waals surface area contributed by atoms with Crippen LogP contribution >= 0.6 is 0 Å². The van der Waals surface area contributed by atoms with E-state index in [1.54, 1.807) is 42.9 Å². The van der Waals surface area contributed by atoms with Crippen LogP contribution in [0.5, 0.6) is 0 Å². The Morgan fingerprint density at radius 2 is 1.96 bits per heavy atom. The molecule has 3 rings (SSSR count). The first-order chi connectivity index (χ1) is 13.7. The van der Waals surface area contributed by atoms with E-state index in [9.17, 15) is 9.59 Å². The van der Waals surface area contributed by atoms with Gasteiger partial charge in [-0.1, -0.05) is 19.3 Å². The van der Waals surface area contributed by atoms with Gasteiger partial charge in [-0.25, -0.2) is 4.79 Å². The topological polar surface area (TPSA) is 87.5 Å². The van der Waals surface area contributed by atoms with Crippen LogP contribution in [0.1, 0.15) is 49.1 Å². The second kappa shape index (κ2) is 10.5. The van der Waals surface area contributed by atoms with Gasteiger partial charge >= 0.3 is 6.03 Å². The van der Waals surface area contributed by atoms with Gasteiger partial charge < -0.3 is 20.0 Å². The lowest BCUT2D eigenvalue weighted by Crippen LogP contribution is -2.29. The number of furan rings is 1. The summed E-state index contributed by atoms with van der Waals surface area (Å²) in [6.45, 7) is 2.32. The molecule has 2 aromatic rings. The van der Waals surface area contributed by atoms with Gasteiger partial charge in [-0.05, 0) is 49.4 Å². The van der Waals surface area contributed by atoms with Gasteiger partial charge in [0.15, 0.2) is 5.76 Å². The van der Waals surface area contributed by atoms with Crippen LogP contribution in [0.4, 0.5) is 10.5 Å². The second-order valence-electron chi connectivity index (χ2n) is 7.20. The highest BCUT2D eigenvalue weighted by molar-refractivity contribution is 5.91. The zero-order valence-electron chi connectivity index (χ0n) is 16.1. The van der Waals surface area contributed by atoms with E-state index in [0.29, 0.717) is 18.2 Å². The maximum Gasteiger partial charge on any atom is 0.319 e. The van der Waals surface area contributed by atoms with E-state index in [4.69, 9.17) is 4.42 Å². The maximum atomic E-state index is 12.3. The van der Waals surface area contributed by atoms with Gasteiger partial charge in [0.1, 0.15) is 0 Å². The first-order valence-corrected chi connectivity index (χ1v) is 10.00. The lowest BCUT2D eigenvalue weighted by Gasteiger charge is -2.15. The number of aromatic nitrogens is 1. The number of amides is 3. The predicted octanol–water partition coefficient (Wildman–Crippen LogP) is 3.91. The molecule has 0 radical (unpaired) electrons. The lowest BCUT2D eigenvalue weighted by atomic mass is 10.00. The molecule has 7 nitrogen and oxygen atoms in total. The molecule has 1 unspecified atom stereocenters. The summed E-state index contributed by atoms with van der Waals surface area (Å²) >= 11 is 0. The number of rotatable bonds is 9. The molecule has 28 heavy (non-hydrogen) atoms. The maximum absolute atomic E-state index is 12.3. The molecule has 0 spiro atoms. The van der Waals surface area contributed by atoms with Crippen LogP contribution in [0.15, 0.2) is 47.3 Å². The number of hydrogen-bond donors (Lipinski definition) is 2. The third-order valence-electron chi connectivity index (χ3n) is 5.07. The third kappa shape index (κ3) is 6.11. The summed E-state index contributed by atoms with van der Waals surface area (Å²) in [6.07, 6.45) is 11.4. The molecule has 0 aromatic carbocycles. The molecular formula is C21H28N4O3. The Hall–Kier alpha value is -2.83. The van der Waals surface area contributed by atoms with Crippen LogP contribution in [-0.2, 0) is 0 Å². The molecule has 7 heteroatoms. The van der Waals surface area contributed by atoms with Gasteiger partial charge in [0.05, 0.1) is 6.26 Å². The van der Waals surface area contributed by atoms with Crippen molar-refractivity contribution in [2.45, 2.75) is 38.5 Å². The summed E-state index contributed by atoms with van der Waals surface area (Å²) in [7, 11) is 0. The van der Waals surface area contributed by atoms with E-state index in [0.717, 1.165) is 57.3 Å². The number of anilines is 1. The molecule has 2 aromatic heterocycles. The number of nitrogens with zero attached hydrogens (tertiary/aromatic N) is 2. The van der Waals surface area contributed by atoms with Crippen LogP contribution in [0, 0.1) is 5.92 Å². The predicted molar refractivity (Wildman–Crippen MR) is 107 cm³/mol. The first-order valence-electron chi connectivity index (χ1n) is 10.00. The molecule has 1 saturated heterocycles. The summed E-state index contributed by atoms with van der Waals surface area (Å²) in [6, 6.07) is 6.80. The fourth-order valence-corrected chi connectivity index (χ4v) is 3.53. The SMILES string of the molecule is O=C(NCCCCCCC1CCN(C(=O)c2ccco2)C1)Nc1ccncc1. The molecule has 1 aliphatic rings. The lowest BCUT2D eigenvalue weighted by molar-refractivity contribution is 0.0754. The summed E-state index contributed by atoms with van der Waals surface area (Å²) in [5.74, 6) is 1.02. The number of likely N-dealkylation sites (tertiary alicyclic amines) is 1. The number of urea groups is 1. The van der Waals surface area contributed by atoms with E-state index >= 15 is 0 Å². The Morgan fingerprint density at radius 3 is 2.75 bits per heavy atom. The van der Waals surface area contributed by atoms with Crippen molar-refractivity contribution in [3.05, 3.63) is 48.7 Å². The minimum Gasteiger partial charge on any atom is -0.459 e. The highest BCUT2D eigenvalue weighted by Crippen LogP contribution is 2.23. The van der Waals surface area contributed by atoms with Crippen LogP contribution in [-0.4, -0.2) is 41.5 Å². The van der Waals surface area contributed by atoms with Crippen molar-refractivity contribution >= 4 is 17.6 Å². The summed E-state index contributed by atoms with van der Waals surface area (Å²) < 4.78 is 5.20. The zero-order valence-corrected chi connectivity index (χ0v) is 16.1. The Bertz CT molecular complexity index is 733.